The quantitative estimate of drug-likeness (QED) is 0.740. The Morgan fingerprint density at radius 2 is 2.20 bits per heavy atom. The summed E-state index contributed by atoms with van der Waals surface area (Å²) in [7, 11) is 0. The van der Waals surface area contributed by atoms with E-state index in [9.17, 15) is 0 Å². The molecule has 0 saturated heterocycles. The van der Waals surface area contributed by atoms with Crippen molar-refractivity contribution in [3.05, 3.63) is 23.8 Å². The number of benzene rings is 1. The summed E-state index contributed by atoms with van der Waals surface area (Å²) in [4.78, 5) is 0. The van der Waals surface area contributed by atoms with Crippen molar-refractivity contribution in [2.45, 2.75) is 26.7 Å². The summed E-state index contributed by atoms with van der Waals surface area (Å²) >= 11 is 0. The van der Waals surface area contributed by atoms with Gasteiger partial charge in [0.2, 0.25) is 0 Å². The zero-order valence-electron chi connectivity index (χ0n) is 9.59. The minimum Gasteiger partial charge on any atom is -0.399 e. The van der Waals surface area contributed by atoms with E-state index in [0.29, 0.717) is 0 Å². The maximum Gasteiger partial charge on any atom is 0.0371 e. The van der Waals surface area contributed by atoms with E-state index in [-0.39, 0.29) is 0 Å². The van der Waals surface area contributed by atoms with E-state index < -0.39 is 0 Å². The van der Waals surface area contributed by atoms with Crippen LogP contribution in [0.25, 0.3) is 0 Å². The molecule has 0 heterocycles. The van der Waals surface area contributed by atoms with Gasteiger partial charge in [-0.25, -0.2) is 0 Å². The fourth-order valence-electron chi connectivity index (χ4n) is 1.99. The Balaban J connectivity index is 1.92. The summed E-state index contributed by atoms with van der Waals surface area (Å²) in [6.45, 7) is 5.51. The number of hydrogen-bond acceptors (Lipinski definition) is 2. The second kappa shape index (κ2) is 4.13. The van der Waals surface area contributed by atoms with Gasteiger partial charge in [0.1, 0.15) is 0 Å². The van der Waals surface area contributed by atoms with Crippen molar-refractivity contribution in [3.8, 4) is 0 Å². The largest absolute Gasteiger partial charge is 0.399 e. The number of hydrogen-bond donors (Lipinski definition) is 2. The Bertz CT molecular complexity index is 342. The molecular weight excluding hydrogens is 184 g/mol. The molecule has 1 fully saturated rings. The average Bonchev–Trinajstić information content (AvgIpc) is 2.99. The van der Waals surface area contributed by atoms with E-state index in [1.807, 2.05) is 12.1 Å². The summed E-state index contributed by atoms with van der Waals surface area (Å²) in [6.07, 6.45) is 2.84. The van der Waals surface area contributed by atoms with Crippen LogP contribution in [0.3, 0.4) is 0 Å². The lowest BCUT2D eigenvalue weighted by atomic mass is 10.1. The van der Waals surface area contributed by atoms with E-state index in [0.717, 1.165) is 24.1 Å². The molecule has 3 N–H and O–H groups in total. The second-order valence-electron chi connectivity index (χ2n) is 4.77. The Labute approximate surface area is 91.9 Å². The van der Waals surface area contributed by atoms with Crippen molar-refractivity contribution in [1.29, 1.82) is 0 Å². The molecule has 0 amide bonds. The third-order valence-corrected chi connectivity index (χ3v) is 3.29. The van der Waals surface area contributed by atoms with Gasteiger partial charge in [-0.1, -0.05) is 6.92 Å². The van der Waals surface area contributed by atoms with Gasteiger partial charge in [-0.15, -0.1) is 0 Å². The highest BCUT2D eigenvalue weighted by Crippen LogP contribution is 2.36. The summed E-state index contributed by atoms with van der Waals surface area (Å²) in [5.41, 5.74) is 9.01. The average molecular weight is 204 g/mol. The van der Waals surface area contributed by atoms with Crippen molar-refractivity contribution in [3.63, 3.8) is 0 Å². The van der Waals surface area contributed by atoms with Crippen LogP contribution in [0.15, 0.2) is 18.2 Å². The van der Waals surface area contributed by atoms with Crippen molar-refractivity contribution in [1.82, 2.24) is 0 Å². The highest BCUT2D eigenvalue weighted by Gasteiger charge is 2.27. The van der Waals surface area contributed by atoms with E-state index in [1.165, 1.54) is 24.1 Å². The van der Waals surface area contributed by atoms with E-state index in [4.69, 9.17) is 5.73 Å². The van der Waals surface area contributed by atoms with Gasteiger partial charge in [0.25, 0.3) is 0 Å². The first kappa shape index (κ1) is 10.3. The van der Waals surface area contributed by atoms with Gasteiger partial charge in [-0.3, -0.25) is 0 Å². The predicted octanol–water partition coefficient (Wildman–Crippen LogP) is 3.04. The lowest BCUT2D eigenvalue weighted by Gasteiger charge is -2.14. The van der Waals surface area contributed by atoms with Gasteiger partial charge in [0, 0.05) is 17.9 Å². The molecule has 0 spiro atoms. The first-order chi connectivity index (χ1) is 7.16. The minimum absolute atomic E-state index is 0.793. The molecule has 1 aromatic carbocycles. The van der Waals surface area contributed by atoms with Crippen molar-refractivity contribution in [2.75, 3.05) is 17.6 Å². The lowest BCUT2D eigenvalue weighted by molar-refractivity contribution is 0.536. The molecule has 1 saturated carbocycles. The molecule has 15 heavy (non-hydrogen) atoms. The third kappa shape index (κ3) is 2.65. The van der Waals surface area contributed by atoms with Crippen LogP contribution in [-0.2, 0) is 0 Å². The number of rotatable bonds is 4. The molecule has 2 rings (SSSR count). The summed E-state index contributed by atoms with van der Waals surface area (Å²) in [5, 5.41) is 3.51. The van der Waals surface area contributed by atoms with Crippen LogP contribution in [0.1, 0.15) is 25.3 Å². The minimum atomic E-state index is 0.793. The molecule has 1 aliphatic rings. The molecule has 1 aromatic rings. The van der Waals surface area contributed by atoms with Crippen LogP contribution in [0.2, 0.25) is 0 Å². The standard InChI is InChI=1S/C13H20N2/c1-9-7-12(14)5-6-13(9)15-8-10(2)11-3-4-11/h5-7,10-11,15H,3-4,8,14H2,1-2H3. The molecular formula is C13H20N2. The molecule has 1 aliphatic carbocycles. The Morgan fingerprint density at radius 3 is 2.80 bits per heavy atom. The van der Waals surface area contributed by atoms with Crippen molar-refractivity contribution in [2.24, 2.45) is 11.8 Å². The molecule has 1 unspecified atom stereocenters. The van der Waals surface area contributed by atoms with Gasteiger partial charge < -0.3 is 11.1 Å². The Kier molecular flexibility index (Phi) is 2.85. The molecule has 0 aromatic heterocycles. The Morgan fingerprint density at radius 1 is 1.47 bits per heavy atom. The summed E-state index contributed by atoms with van der Waals surface area (Å²) in [5.74, 6) is 1.76. The molecule has 2 heteroatoms. The highest BCUT2D eigenvalue weighted by molar-refractivity contribution is 5.57. The van der Waals surface area contributed by atoms with Gasteiger partial charge in [0.05, 0.1) is 0 Å². The fourth-order valence-corrected chi connectivity index (χ4v) is 1.99. The third-order valence-electron chi connectivity index (χ3n) is 3.29. The fraction of sp³-hybridized carbons (Fsp3) is 0.538. The summed E-state index contributed by atoms with van der Waals surface area (Å²) in [6, 6.07) is 6.05. The second-order valence-corrected chi connectivity index (χ2v) is 4.77. The first-order valence-corrected chi connectivity index (χ1v) is 5.77. The molecule has 1 atom stereocenters. The SMILES string of the molecule is Cc1cc(N)ccc1NCC(C)C1CC1. The first-order valence-electron chi connectivity index (χ1n) is 5.77. The normalized spacial score (nSPS) is 17.5. The van der Waals surface area contributed by atoms with E-state index in [1.54, 1.807) is 0 Å². The van der Waals surface area contributed by atoms with E-state index in [2.05, 4.69) is 25.2 Å². The van der Waals surface area contributed by atoms with Crippen LogP contribution in [0.4, 0.5) is 11.4 Å². The maximum atomic E-state index is 5.71. The van der Waals surface area contributed by atoms with Gasteiger partial charge >= 0.3 is 0 Å². The van der Waals surface area contributed by atoms with Gasteiger partial charge in [0.15, 0.2) is 0 Å². The molecule has 0 bridgehead atoms. The predicted molar refractivity (Wildman–Crippen MR) is 66.0 cm³/mol. The zero-order chi connectivity index (χ0) is 10.8. The maximum absolute atomic E-state index is 5.71. The highest BCUT2D eigenvalue weighted by atomic mass is 14.9. The monoisotopic (exact) mass is 204 g/mol. The van der Waals surface area contributed by atoms with E-state index >= 15 is 0 Å². The number of nitrogens with two attached hydrogens (primary N) is 1. The van der Waals surface area contributed by atoms with Crippen LogP contribution < -0.4 is 11.1 Å². The van der Waals surface area contributed by atoms with Crippen molar-refractivity contribution < 1.29 is 0 Å². The molecule has 82 valence electrons. The van der Waals surface area contributed by atoms with Crippen LogP contribution in [0, 0.1) is 18.8 Å². The zero-order valence-corrected chi connectivity index (χ0v) is 9.59. The van der Waals surface area contributed by atoms with Crippen molar-refractivity contribution >= 4 is 11.4 Å². The smallest absolute Gasteiger partial charge is 0.0371 e. The Hall–Kier alpha value is -1.18. The molecule has 0 aliphatic heterocycles. The van der Waals surface area contributed by atoms with Crippen LogP contribution in [-0.4, -0.2) is 6.54 Å². The lowest BCUT2D eigenvalue weighted by Crippen LogP contribution is -2.13. The number of nitrogen functional groups attached to an aromatic ring is 1. The number of nitrogens with one attached hydrogen (secondary N) is 1. The van der Waals surface area contributed by atoms with Gasteiger partial charge in [-0.2, -0.15) is 0 Å². The topological polar surface area (TPSA) is 38.0 Å². The van der Waals surface area contributed by atoms with Crippen LogP contribution >= 0.6 is 0 Å². The van der Waals surface area contributed by atoms with Gasteiger partial charge in [-0.05, 0) is 55.4 Å². The number of aryl methyl sites for hydroxylation is 1. The van der Waals surface area contributed by atoms with Crippen LogP contribution in [0.5, 0.6) is 0 Å². The molecule has 0 radical (unpaired) electrons. The number of anilines is 2. The molecule has 2 nitrogen and oxygen atoms in total. The summed E-state index contributed by atoms with van der Waals surface area (Å²) < 4.78 is 0.